The molecule has 1 rings (SSSR count). The van der Waals surface area contributed by atoms with Crippen molar-refractivity contribution in [3.8, 4) is 5.75 Å². The van der Waals surface area contributed by atoms with Gasteiger partial charge in [-0.05, 0) is 38.0 Å². The van der Waals surface area contributed by atoms with Crippen molar-refractivity contribution in [2.75, 3.05) is 26.3 Å². The maximum Gasteiger partial charge on any atom is 0.239 e. The van der Waals surface area contributed by atoms with E-state index >= 15 is 0 Å². The molecule has 1 aromatic carbocycles. The zero-order chi connectivity index (χ0) is 15.0. The molecule has 5 heteroatoms. The molecule has 0 spiro atoms. The fourth-order valence-electron chi connectivity index (χ4n) is 1.95. The van der Waals surface area contributed by atoms with Crippen LogP contribution in [0.4, 0.5) is 0 Å². The third-order valence-electron chi connectivity index (χ3n) is 3.11. The van der Waals surface area contributed by atoms with Gasteiger partial charge in [0.25, 0.3) is 0 Å². The summed E-state index contributed by atoms with van der Waals surface area (Å²) in [5.41, 5.74) is 6.91. The Morgan fingerprint density at radius 2 is 2.00 bits per heavy atom. The molecule has 112 valence electrons. The van der Waals surface area contributed by atoms with Crippen LogP contribution in [0.1, 0.15) is 19.4 Å². The van der Waals surface area contributed by atoms with Gasteiger partial charge in [0.05, 0.1) is 12.6 Å². The molecule has 0 aromatic heterocycles. The first-order chi connectivity index (χ1) is 9.58. The molecule has 0 fully saturated rings. The minimum absolute atomic E-state index is 0.0692. The van der Waals surface area contributed by atoms with Crippen LogP contribution in [0.15, 0.2) is 24.3 Å². The van der Waals surface area contributed by atoms with Crippen LogP contribution in [-0.2, 0) is 16.0 Å². The molecule has 0 radical (unpaired) electrons. The highest BCUT2D eigenvalue weighted by Gasteiger charge is 2.19. The first-order valence-electron chi connectivity index (χ1n) is 6.98. The van der Waals surface area contributed by atoms with Gasteiger partial charge in [0.15, 0.2) is 0 Å². The molecule has 0 aliphatic rings. The van der Waals surface area contributed by atoms with E-state index in [4.69, 9.17) is 10.5 Å². The first-order valence-corrected chi connectivity index (χ1v) is 6.98. The third-order valence-corrected chi connectivity index (χ3v) is 3.11. The number of nitrogens with two attached hydrogens (primary N) is 1. The van der Waals surface area contributed by atoms with Gasteiger partial charge in [-0.1, -0.05) is 12.1 Å². The van der Waals surface area contributed by atoms with Gasteiger partial charge in [-0.2, -0.15) is 0 Å². The van der Waals surface area contributed by atoms with Gasteiger partial charge in [0.1, 0.15) is 5.75 Å². The molecule has 0 saturated carbocycles. The molecule has 0 aliphatic carbocycles. The van der Waals surface area contributed by atoms with Crippen LogP contribution in [0.3, 0.4) is 0 Å². The number of carbonyl (C=O) groups excluding carboxylic acids is 1. The second-order valence-electron chi connectivity index (χ2n) is 4.59. The van der Waals surface area contributed by atoms with Crippen LogP contribution in [0.2, 0.25) is 0 Å². The molecule has 1 amide bonds. The van der Waals surface area contributed by atoms with Crippen LogP contribution < -0.4 is 5.73 Å². The van der Waals surface area contributed by atoms with Crippen molar-refractivity contribution in [2.45, 2.75) is 26.3 Å². The van der Waals surface area contributed by atoms with Crippen LogP contribution in [0.25, 0.3) is 0 Å². The van der Waals surface area contributed by atoms with E-state index in [1.165, 1.54) is 0 Å². The van der Waals surface area contributed by atoms with Gasteiger partial charge in [0, 0.05) is 19.7 Å². The standard InChI is InChI=1S/C15H24N2O3/c1-3-17(9-10-20-4-2)15(19)14(16)11-12-5-7-13(18)8-6-12/h5-8,14,18H,3-4,9-11,16H2,1-2H3/t14-/m0/s1. The Bertz CT molecular complexity index is 406. The molecule has 0 aliphatic heterocycles. The van der Waals surface area contributed by atoms with Gasteiger partial charge >= 0.3 is 0 Å². The third kappa shape index (κ3) is 5.19. The van der Waals surface area contributed by atoms with E-state index in [-0.39, 0.29) is 11.7 Å². The number of likely N-dealkylation sites (N-methyl/N-ethyl adjacent to an activating group) is 1. The first kappa shape index (κ1) is 16.5. The number of rotatable bonds is 8. The summed E-state index contributed by atoms with van der Waals surface area (Å²) >= 11 is 0. The summed E-state index contributed by atoms with van der Waals surface area (Å²) in [6.07, 6.45) is 0.463. The molecule has 0 unspecified atom stereocenters. The topological polar surface area (TPSA) is 75.8 Å². The zero-order valence-electron chi connectivity index (χ0n) is 12.2. The molecule has 0 bridgehead atoms. The second-order valence-corrected chi connectivity index (χ2v) is 4.59. The molecule has 1 atom stereocenters. The van der Waals surface area contributed by atoms with Gasteiger partial charge in [0.2, 0.25) is 5.91 Å². The number of ether oxygens (including phenoxy) is 1. The van der Waals surface area contributed by atoms with Gasteiger partial charge in [-0.15, -0.1) is 0 Å². The molecule has 0 heterocycles. The Labute approximate surface area is 120 Å². The lowest BCUT2D eigenvalue weighted by molar-refractivity contribution is -0.133. The van der Waals surface area contributed by atoms with E-state index in [2.05, 4.69) is 0 Å². The SMILES string of the molecule is CCOCCN(CC)C(=O)[C@@H](N)Cc1ccc(O)cc1. The fourth-order valence-corrected chi connectivity index (χ4v) is 1.95. The quantitative estimate of drug-likeness (QED) is 0.700. The Morgan fingerprint density at radius 1 is 1.35 bits per heavy atom. The largest absolute Gasteiger partial charge is 0.508 e. The number of benzene rings is 1. The highest BCUT2D eigenvalue weighted by Crippen LogP contribution is 2.11. The van der Waals surface area contributed by atoms with Crippen molar-refractivity contribution in [3.05, 3.63) is 29.8 Å². The van der Waals surface area contributed by atoms with Crippen molar-refractivity contribution in [3.63, 3.8) is 0 Å². The Hall–Kier alpha value is -1.59. The summed E-state index contributed by atoms with van der Waals surface area (Å²) in [6.45, 7) is 6.21. The highest BCUT2D eigenvalue weighted by molar-refractivity contribution is 5.82. The average Bonchev–Trinajstić information content (AvgIpc) is 2.45. The summed E-state index contributed by atoms with van der Waals surface area (Å²) in [4.78, 5) is 13.9. The summed E-state index contributed by atoms with van der Waals surface area (Å²) < 4.78 is 5.26. The van der Waals surface area contributed by atoms with Crippen LogP contribution >= 0.6 is 0 Å². The lowest BCUT2D eigenvalue weighted by Gasteiger charge is -2.24. The Balaban J connectivity index is 2.53. The Kier molecular flexibility index (Phi) is 7.04. The monoisotopic (exact) mass is 280 g/mol. The molecule has 3 N–H and O–H groups in total. The van der Waals surface area contributed by atoms with Crippen molar-refractivity contribution < 1.29 is 14.6 Å². The molecule has 20 heavy (non-hydrogen) atoms. The number of phenols is 1. The predicted molar refractivity (Wildman–Crippen MR) is 78.5 cm³/mol. The summed E-state index contributed by atoms with van der Waals surface area (Å²) in [7, 11) is 0. The van der Waals surface area contributed by atoms with Crippen molar-refractivity contribution in [1.82, 2.24) is 4.90 Å². The summed E-state index contributed by atoms with van der Waals surface area (Å²) in [5, 5.41) is 9.23. The predicted octanol–water partition coefficient (Wildman–Crippen LogP) is 1.15. The number of amides is 1. The number of hydrogen-bond donors (Lipinski definition) is 2. The molecular weight excluding hydrogens is 256 g/mol. The minimum atomic E-state index is -0.568. The maximum absolute atomic E-state index is 12.2. The van der Waals surface area contributed by atoms with E-state index in [9.17, 15) is 9.90 Å². The normalized spacial score (nSPS) is 12.2. The van der Waals surface area contributed by atoms with Gasteiger partial charge in [-0.25, -0.2) is 0 Å². The van der Waals surface area contributed by atoms with Gasteiger partial charge < -0.3 is 20.5 Å². The number of aromatic hydroxyl groups is 1. The molecule has 1 aromatic rings. The number of phenolic OH excluding ortho intramolecular Hbond substituents is 1. The highest BCUT2D eigenvalue weighted by atomic mass is 16.5. The van der Waals surface area contributed by atoms with Crippen LogP contribution in [-0.4, -0.2) is 48.3 Å². The molecular formula is C15H24N2O3. The minimum Gasteiger partial charge on any atom is -0.508 e. The number of carbonyl (C=O) groups is 1. The van der Waals surface area contributed by atoms with Gasteiger partial charge in [-0.3, -0.25) is 4.79 Å². The fraction of sp³-hybridized carbons (Fsp3) is 0.533. The smallest absolute Gasteiger partial charge is 0.239 e. The van der Waals surface area contributed by atoms with Crippen molar-refractivity contribution in [1.29, 1.82) is 0 Å². The zero-order valence-corrected chi connectivity index (χ0v) is 12.2. The Morgan fingerprint density at radius 3 is 2.55 bits per heavy atom. The lowest BCUT2D eigenvalue weighted by Crippen LogP contribution is -2.46. The number of nitrogens with zero attached hydrogens (tertiary/aromatic N) is 1. The molecule has 5 nitrogen and oxygen atoms in total. The summed E-state index contributed by atoms with van der Waals surface area (Å²) in [5.74, 6) is 0.140. The maximum atomic E-state index is 12.2. The van der Waals surface area contributed by atoms with E-state index in [1.807, 2.05) is 13.8 Å². The van der Waals surface area contributed by atoms with E-state index in [0.29, 0.717) is 32.7 Å². The van der Waals surface area contributed by atoms with E-state index < -0.39 is 6.04 Å². The van der Waals surface area contributed by atoms with Crippen LogP contribution in [0, 0.1) is 0 Å². The van der Waals surface area contributed by atoms with E-state index in [0.717, 1.165) is 5.56 Å². The van der Waals surface area contributed by atoms with Crippen molar-refractivity contribution in [2.24, 2.45) is 5.73 Å². The molecule has 0 saturated heterocycles. The summed E-state index contributed by atoms with van der Waals surface area (Å²) in [6, 6.07) is 6.18. The van der Waals surface area contributed by atoms with Crippen LogP contribution in [0.5, 0.6) is 5.75 Å². The lowest BCUT2D eigenvalue weighted by atomic mass is 10.1. The van der Waals surface area contributed by atoms with E-state index in [1.54, 1.807) is 29.2 Å². The van der Waals surface area contributed by atoms with Crippen molar-refractivity contribution >= 4 is 5.91 Å². The number of hydrogen-bond acceptors (Lipinski definition) is 4. The second kappa shape index (κ2) is 8.55. The average molecular weight is 280 g/mol.